The van der Waals surface area contributed by atoms with Gasteiger partial charge in [-0.25, -0.2) is 4.98 Å². The van der Waals surface area contributed by atoms with Crippen LogP contribution in [-0.4, -0.2) is 9.97 Å². The molecule has 0 unspecified atom stereocenters. The number of H-pyrrole nitrogens is 1. The molecule has 2 aromatic rings. The maximum Gasteiger partial charge on any atom is 0.200 e. The van der Waals surface area contributed by atoms with Gasteiger partial charge in [0.1, 0.15) is 0 Å². The molecular weight excluding hydrogens is 186 g/mol. The number of anilines is 1. The second-order valence-electron chi connectivity index (χ2n) is 3.75. The van der Waals surface area contributed by atoms with Gasteiger partial charge in [0.25, 0.3) is 0 Å². The number of nitrogens with zero attached hydrogens (tertiary/aromatic N) is 1. The predicted molar refractivity (Wildman–Crippen MR) is 61.8 cm³/mol. The summed E-state index contributed by atoms with van der Waals surface area (Å²) in [5.41, 5.74) is 3.61. The van der Waals surface area contributed by atoms with E-state index in [9.17, 15) is 0 Å². The summed E-state index contributed by atoms with van der Waals surface area (Å²) >= 11 is 0. The van der Waals surface area contributed by atoms with E-state index in [0.29, 0.717) is 0 Å². The lowest BCUT2D eigenvalue weighted by atomic mass is 10.1. The van der Waals surface area contributed by atoms with Crippen molar-refractivity contribution in [3.8, 4) is 0 Å². The molecular formula is C12H15N3. The van der Waals surface area contributed by atoms with E-state index >= 15 is 0 Å². The molecule has 0 amide bonds. The van der Waals surface area contributed by atoms with Gasteiger partial charge in [0.15, 0.2) is 0 Å². The molecule has 0 bridgehead atoms. The Morgan fingerprint density at radius 3 is 2.53 bits per heavy atom. The van der Waals surface area contributed by atoms with Crippen molar-refractivity contribution in [3.05, 3.63) is 47.3 Å². The zero-order valence-electron chi connectivity index (χ0n) is 9.04. The van der Waals surface area contributed by atoms with Gasteiger partial charge in [-0.2, -0.15) is 0 Å². The smallest absolute Gasteiger partial charge is 0.200 e. The largest absolute Gasteiger partial charge is 0.352 e. The fourth-order valence-electron chi connectivity index (χ4n) is 1.39. The average Bonchev–Trinajstić information content (AvgIpc) is 2.64. The molecule has 0 spiro atoms. The van der Waals surface area contributed by atoms with Crippen molar-refractivity contribution in [1.82, 2.24) is 9.97 Å². The van der Waals surface area contributed by atoms with Gasteiger partial charge in [-0.3, -0.25) is 0 Å². The van der Waals surface area contributed by atoms with Crippen LogP contribution in [0.15, 0.2) is 30.5 Å². The monoisotopic (exact) mass is 201 g/mol. The van der Waals surface area contributed by atoms with Gasteiger partial charge in [-0.1, -0.05) is 29.8 Å². The third kappa shape index (κ3) is 2.59. The molecule has 1 aromatic carbocycles. The van der Waals surface area contributed by atoms with Crippen molar-refractivity contribution in [2.45, 2.75) is 20.4 Å². The number of imidazole rings is 1. The highest BCUT2D eigenvalue weighted by Gasteiger charge is 1.96. The number of aromatic nitrogens is 2. The molecule has 0 aliphatic rings. The second kappa shape index (κ2) is 4.17. The highest BCUT2D eigenvalue weighted by molar-refractivity contribution is 5.29. The first-order valence-corrected chi connectivity index (χ1v) is 5.05. The molecule has 1 heterocycles. The van der Waals surface area contributed by atoms with Gasteiger partial charge in [0.05, 0.1) is 0 Å². The Morgan fingerprint density at radius 1 is 1.20 bits per heavy atom. The Balaban J connectivity index is 1.96. The van der Waals surface area contributed by atoms with Crippen molar-refractivity contribution in [2.24, 2.45) is 0 Å². The summed E-state index contributed by atoms with van der Waals surface area (Å²) in [6.07, 6.45) is 1.82. The van der Waals surface area contributed by atoms with Gasteiger partial charge in [-0.15, -0.1) is 0 Å². The number of hydrogen-bond acceptors (Lipinski definition) is 2. The molecule has 15 heavy (non-hydrogen) atoms. The topological polar surface area (TPSA) is 40.7 Å². The molecule has 0 aliphatic carbocycles. The van der Waals surface area contributed by atoms with Crippen LogP contribution in [0.2, 0.25) is 0 Å². The molecule has 78 valence electrons. The molecule has 0 radical (unpaired) electrons. The minimum absolute atomic E-state index is 0.799. The third-order valence-corrected chi connectivity index (χ3v) is 2.28. The summed E-state index contributed by atoms with van der Waals surface area (Å²) in [5, 5.41) is 3.23. The van der Waals surface area contributed by atoms with Crippen molar-refractivity contribution in [3.63, 3.8) is 0 Å². The number of rotatable bonds is 3. The first-order chi connectivity index (χ1) is 7.24. The fourth-order valence-corrected chi connectivity index (χ4v) is 1.39. The first kappa shape index (κ1) is 9.77. The maximum atomic E-state index is 4.18. The molecule has 3 nitrogen and oxygen atoms in total. The predicted octanol–water partition coefficient (Wildman–Crippen LogP) is 2.64. The minimum atomic E-state index is 0.799. The van der Waals surface area contributed by atoms with Crippen molar-refractivity contribution < 1.29 is 0 Å². The third-order valence-electron chi connectivity index (χ3n) is 2.28. The SMILES string of the molecule is Cc1ccc(CNc2ncc(C)[nH]2)cc1. The minimum Gasteiger partial charge on any atom is -0.352 e. The second-order valence-corrected chi connectivity index (χ2v) is 3.75. The Hall–Kier alpha value is -1.77. The lowest BCUT2D eigenvalue weighted by molar-refractivity contribution is 1.08. The van der Waals surface area contributed by atoms with E-state index in [0.717, 1.165) is 18.2 Å². The van der Waals surface area contributed by atoms with Crippen molar-refractivity contribution >= 4 is 5.95 Å². The van der Waals surface area contributed by atoms with Crippen LogP contribution >= 0.6 is 0 Å². The van der Waals surface area contributed by atoms with Gasteiger partial charge in [0, 0.05) is 18.4 Å². The van der Waals surface area contributed by atoms with E-state index in [2.05, 4.69) is 46.5 Å². The van der Waals surface area contributed by atoms with Gasteiger partial charge in [0.2, 0.25) is 5.95 Å². The Morgan fingerprint density at radius 2 is 1.93 bits per heavy atom. The van der Waals surface area contributed by atoms with E-state index in [1.54, 1.807) is 0 Å². The molecule has 0 fully saturated rings. The summed E-state index contributed by atoms with van der Waals surface area (Å²) in [5.74, 6) is 0.827. The zero-order valence-corrected chi connectivity index (χ0v) is 9.04. The standard InChI is InChI=1S/C12H15N3/c1-9-3-5-11(6-4-9)8-14-12-13-7-10(2)15-12/h3-7H,8H2,1-2H3,(H2,13,14,15). The van der Waals surface area contributed by atoms with Gasteiger partial charge in [-0.05, 0) is 19.4 Å². The van der Waals surface area contributed by atoms with Crippen LogP contribution in [0.3, 0.4) is 0 Å². The van der Waals surface area contributed by atoms with Crippen LogP contribution in [0.25, 0.3) is 0 Å². The molecule has 0 saturated heterocycles. The zero-order chi connectivity index (χ0) is 10.7. The lowest BCUT2D eigenvalue weighted by Gasteiger charge is -2.03. The van der Waals surface area contributed by atoms with E-state index in [1.807, 2.05) is 13.1 Å². The highest BCUT2D eigenvalue weighted by atomic mass is 15.1. The lowest BCUT2D eigenvalue weighted by Crippen LogP contribution is -2.00. The van der Waals surface area contributed by atoms with E-state index in [1.165, 1.54) is 11.1 Å². The number of aryl methyl sites for hydroxylation is 2. The molecule has 3 heteroatoms. The van der Waals surface area contributed by atoms with Crippen LogP contribution in [0.4, 0.5) is 5.95 Å². The molecule has 0 atom stereocenters. The summed E-state index contributed by atoms with van der Waals surface area (Å²) < 4.78 is 0. The molecule has 1 aromatic heterocycles. The van der Waals surface area contributed by atoms with E-state index < -0.39 is 0 Å². The summed E-state index contributed by atoms with van der Waals surface area (Å²) in [4.78, 5) is 7.32. The van der Waals surface area contributed by atoms with E-state index in [4.69, 9.17) is 0 Å². The van der Waals surface area contributed by atoms with Crippen LogP contribution < -0.4 is 5.32 Å². The normalized spacial score (nSPS) is 10.3. The summed E-state index contributed by atoms with van der Waals surface area (Å²) in [7, 11) is 0. The van der Waals surface area contributed by atoms with Crippen LogP contribution in [0.1, 0.15) is 16.8 Å². The molecule has 2 N–H and O–H groups in total. The quantitative estimate of drug-likeness (QED) is 0.801. The molecule has 0 aliphatic heterocycles. The number of hydrogen-bond donors (Lipinski definition) is 2. The fraction of sp³-hybridized carbons (Fsp3) is 0.250. The molecule has 2 rings (SSSR count). The van der Waals surface area contributed by atoms with Crippen LogP contribution in [0.5, 0.6) is 0 Å². The Kier molecular flexibility index (Phi) is 2.72. The van der Waals surface area contributed by atoms with E-state index in [-0.39, 0.29) is 0 Å². The van der Waals surface area contributed by atoms with Crippen molar-refractivity contribution in [2.75, 3.05) is 5.32 Å². The highest BCUT2D eigenvalue weighted by Crippen LogP contribution is 2.06. The number of aromatic amines is 1. The number of benzene rings is 1. The average molecular weight is 201 g/mol. The van der Waals surface area contributed by atoms with Crippen LogP contribution in [0, 0.1) is 13.8 Å². The van der Waals surface area contributed by atoms with Gasteiger partial charge >= 0.3 is 0 Å². The summed E-state index contributed by atoms with van der Waals surface area (Å²) in [6, 6.07) is 8.48. The first-order valence-electron chi connectivity index (χ1n) is 5.05. The van der Waals surface area contributed by atoms with Crippen LogP contribution in [-0.2, 0) is 6.54 Å². The molecule has 0 saturated carbocycles. The maximum absolute atomic E-state index is 4.18. The van der Waals surface area contributed by atoms with Gasteiger partial charge < -0.3 is 10.3 Å². The van der Waals surface area contributed by atoms with Crippen molar-refractivity contribution in [1.29, 1.82) is 0 Å². The summed E-state index contributed by atoms with van der Waals surface area (Å²) in [6.45, 7) is 4.88. The Labute approximate surface area is 89.6 Å². The number of nitrogens with one attached hydrogen (secondary N) is 2. The Bertz CT molecular complexity index is 428.